The molecule has 4 heteroatoms. The summed E-state index contributed by atoms with van der Waals surface area (Å²) in [5, 5.41) is 11.7. The number of carbonyl (C=O) groups is 1. The lowest BCUT2D eigenvalue weighted by Crippen LogP contribution is -2.13. The maximum Gasteiger partial charge on any atom is 0.256 e. The molecule has 0 aliphatic heterocycles. The standard InChI is InChI=1S/C15H14FNO2/c1-10-5-6-12(16)8-14(10)15(19)17-13-4-2-3-11(7-13)9-18/h2-8,18H,9H2,1H3,(H,17,19). The average Bonchev–Trinajstić information content (AvgIpc) is 2.41. The summed E-state index contributed by atoms with van der Waals surface area (Å²) in [7, 11) is 0. The lowest BCUT2D eigenvalue weighted by molar-refractivity contribution is 0.102. The normalized spacial score (nSPS) is 10.3. The van der Waals surface area contributed by atoms with Gasteiger partial charge in [-0.2, -0.15) is 0 Å². The molecule has 19 heavy (non-hydrogen) atoms. The first-order valence-electron chi connectivity index (χ1n) is 5.87. The van der Waals surface area contributed by atoms with Crippen molar-refractivity contribution in [2.75, 3.05) is 5.32 Å². The highest BCUT2D eigenvalue weighted by Crippen LogP contribution is 2.15. The van der Waals surface area contributed by atoms with Crippen LogP contribution in [0.1, 0.15) is 21.5 Å². The molecule has 0 saturated carbocycles. The lowest BCUT2D eigenvalue weighted by atomic mass is 10.1. The predicted octanol–water partition coefficient (Wildman–Crippen LogP) is 2.88. The van der Waals surface area contributed by atoms with E-state index in [0.717, 1.165) is 0 Å². The molecule has 0 atom stereocenters. The van der Waals surface area contributed by atoms with Crippen LogP contribution in [-0.4, -0.2) is 11.0 Å². The summed E-state index contributed by atoms with van der Waals surface area (Å²) in [4.78, 5) is 12.0. The predicted molar refractivity (Wildman–Crippen MR) is 71.5 cm³/mol. The number of rotatable bonds is 3. The molecule has 0 aliphatic rings. The second kappa shape index (κ2) is 5.63. The number of aliphatic hydroxyl groups is 1. The Balaban J connectivity index is 2.23. The van der Waals surface area contributed by atoms with Crippen LogP contribution in [-0.2, 0) is 6.61 Å². The molecule has 98 valence electrons. The van der Waals surface area contributed by atoms with E-state index in [2.05, 4.69) is 5.32 Å². The van der Waals surface area contributed by atoms with E-state index in [1.807, 2.05) is 0 Å². The summed E-state index contributed by atoms with van der Waals surface area (Å²) in [6.07, 6.45) is 0. The van der Waals surface area contributed by atoms with Crippen LogP contribution in [0.4, 0.5) is 10.1 Å². The van der Waals surface area contributed by atoms with Gasteiger partial charge in [0, 0.05) is 11.3 Å². The summed E-state index contributed by atoms with van der Waals surface area (Å²) < 4.78 is 13.2. The average molecular weight is 259 g/mol. The smallest absolute Gasteiger partial charge is 0.256 e. The molecule has 0 unspecified atom stereocenters. The molecular weight excluding hydrogens is 245 g/mol. The first kappa shape index (κ1) is 13.2. The largest absolute Gasteiger partial charge is 0.392 e. The van der Waals surface area contributed by atoms with Gasteiger partial charge in [-0.15, -0.1) is 0 Å². The van der Waals surface area contributed by atoms with Gasteiger partial charge in [-0.05, 0) is 42.3 Å². The number of amides is 1. The minimum atomic E-state index is -0.445. The maximum atomic E-state index is 13.2. The molecule has 2 rings (SSSR count). The van der Waals surface area contributed by atoms with Crippen LogP contribution < -0.4 is 5.32 Å². The van der Waals surface area contributed by atoms with Gasteiger partial charge in [0.2, 0.25) is 0 Å². The van der Waals surface area contributed by atoms with E-state index in [4.69, 9.17) is 5.11 Å². The van der Waals surface area contributed by atoms with Gasteiger partial charge in [-0.1, -0.05) is 18.2 Å². The number of hydrogen-bond donors (Lipinski definition) is 2. The Morgan fingerprint density at radius 2 is 2.05 bits per heavy atom. The zero-order chi connectivity index (χ0) is 13.8. The molecule has 0 aromatic heterocycles. The Labute approximate surface area is 110 Å². The first-order valence-corrected chi connectivity index (χ1v) is 5.87. The molecule has 3 nitrogen and oxygen atoms in total. The van der Waals surface area contributed by atoms with Crippen molar-refractivity contribution in [1.29, 1.82) is 0 Å². The number of benzene rings is 2. The van der Waals surface area contributed by atoms with Crippen molar-refractivity contribution in [1.82, 2.24) is 0 Å². The van der Waals surface area contributed by atoms with Crippen molar-refractivity contribution < 1.29 is 14.3 Å². The number of aryl methyl sites for hydroxylation is 1. The second-order valence-electron chi connectivity index (χ2n) is 4.27. The molecule has 0 aliphatic carbocycles. The van der Waals surface area contributed by atoms with Crippen LogP contribution in [0.3, 0.4) is 0 Å². The molecule has 0 saturated heterocycles. The molecule has 0 heterocycles. The van der Waals surface area contributed by atoms with Gasteiger partial charge in [0.15, 0.2) is 0 Å². The van der Waals surface area contributed by atoms with Crippen molar-refractivity contribution >= 4 is 11.6 Å². The first-order chi connectivity index (χ1) is 9.10. The second-order valence-corrected chi connectivity index (χ2v) is 4.27. The van der Waals surface area contributed by atoms with E-state index in [-0.39, 0.29) is 12.5 Å². The number of hydrogen-bond acceptors (Lipinski definition) is 2. The highest BCUT2D eigenvalue weighted by atomic mass is 19.1. The van der Waals surface area contributed by atoms with Gasteiger partial charge < -0.3 is 10.4 Å². The van der Waals surface area contributed by atoms with E-state index in [1.54, 1.807) is 37.3 Å². The number of aliphatic hydroxyl groups excluding tert-OH is 1. The minimum Gasteiger partial charge on any atom is -0.392 e. The van der Waals surface area contributed by atoms with Crippen LogP contribution in [0, 0.1) is 12.7 Å². The van der Waals surface area contributed by atoms with Crippen molar-refractivity contribution in [3.63, 3.8) is 0 Å². The fraction of sp³-hybridized carbons (Fsp3) is 0.133. The van der Waals surface area contributed by atoms with Crippen LogP contribution in [0.5, 0.6) is 0 Å². The van der Waals surface area contributed by atoms with Crippen LogP contribution in [0.25, 0.3) is 0 Å². The Morgan fingerprint density at radius 1 is 1.26 bits per heavy atom. The third-order valence-corrected chi connectivity index (χ3v) is 2.81. The molecular formula is C15H14FNO2. The fourth-order valence-electron chi connectivity index (χ4n) is 1.78. The van der Waals surface area contributed by atoms with Crippen molar-refractivity contribution in [3.8, 4) is 0 Å². The summed E-state index contributed by atoms with van der Waals surface area (Å²) in [5.41, 5.74) is 2.28. The van der Waals surface area contributed by atoms with Gasteiger partial charge in [0.25, 0.3) is 5.91 Å². The molecule has 2 aromatic carbocycles. The zero-order valence-corrected chi connectivity index (χ0v) is 10.5. The lowest BCUT2D eigenvalue weighted by Gasteiger charge is -2.08. The molecule has 0 fully saturated rings. The molecule has 0 spiro atoms. The third kappa shape index (κ3) is 3.17. The molecule has 2 aromatic rings. The van der Waals surface area contributed by atoms with Crippen molar-refractivity contribution in [3.05, 3.63) is 65.0 Å². The van der Waals surface area contributed by atoms with Gasteiger partial charge in [-0.25, -0.2) is 4.39 Å². The fourth-order valence-corrected chi connectivity index (χ4v) is 1.78. The van der Waals surface area contributed by atoms with Gasteiger partial charge in [0.05, 0.1) is 6.61 Å². The van der Waals surface area contributed by atoms with Crippen LogP contribution in [0.2, 0.25) is 0 Å². The van der Waals surface area contributed by atoms with Gasteiger partial charge in [-0.3, -0.25) is 4.79 Å². The molecule has 1 amide bonds. The minimum absolute atomic E-state index is 0.0945. The number of anilines is 1. The van der Waals surface area contributed by atoms with E-state index in [0.29, 0.717) is 22.4 Å². The van der Waals surface area contributed by atoms with Gasteiger partial charge in [0.1, 0.15) is 5.82 Å². The summed E-state index contributed by atoms with van der Waals surface area (Å²) in [5.74, 6) is -0.813. The quantitative estimate of drug-likeness (QED) is 0.890. The summed E-state index contributed by atoms with van der Waals surface area (Å²) >= 11 is 0. The zero-order valence-electron chi connectivity index (χ0n) is 10.5. The van der Waals surface area contributed by atoms with Crippen LogP contribution in [0.15, 0.2) is 42.5 Å². The highest BCUT2D eigenvalue weighted by molar-refractivity contribution is 6.05. The highest BCUT2D eigenvalue weighted by Gasteiger charge is 2.10. The topological polar surface area (TPSA) is 49.3 Å². The van der Waals surface area contributed by atoms with E-state index < -0.39 is 5.82 Å². The Morgan fingerprint density at radius 3 is 2.79 bits per heavy atom. The molecule has 2 N–H and O–H groups in total. The summed E-state index contributed by atoms with van der Waals surface area (Å²) in [6.45, 7) is 1.65. The monoisotopic (exact) mass is 259 g/mol. The molecule has 0 radical (unpaired) electrons. The van der Waals surface area contributed by atoms with Crippen LogP contribution >= 0.6 is 0 Å². The SMILES string of the molecule is Cc1ccc(F)cc1C(=O)Nc1cccc(CO)c1. The maximum absolute atomic E-state index is 13.2. The number of halogens is 1. The van der Waals surface area contributed by atoms with E-state index in [9.17, 15) is 9.18 Å². The molecule has 0 bridgehead atoms. The van der Waals surface area contributed by atoms with E-state index >= 15 is 0 Å². The van der Waals surface area contributed by atoms with Crippen molar-refractivity contribution in [2.45, 2.75) is 13.5 Å². The number of carbonyl (C=O) groups excluding carboxylic acids is 1. The Hall–Kier alpha value is -2.20. The number of nitrogens with one attached hydrogen (secondary N) is 1. The van der Waals surface area contributed by atoms with E-state index in [1.165, 1.54) is 12.1 Å². The van der Waals surface area contributed by atoms with Gasteiger partial charge >= 0.3 is 0 Å². The summed E-state index contributed by atoms with van der Waals surface area (Å²) in [6, 6.07) is 11.0. The Kier molecular flexibility index (Phi) is 3.92. The third-order valence-electron chi connectivity index (χ3n) is 2.81. The van der Waals surface area contributed by atoms with Crippen molar-refractivity contribution in [2.24, 2.45) is 0 Å². The Bertz CT molecular complexity index is 611.